The normalized spacial score (nSPS) is 12.1. The van der Waals surface area contributed by atoms with Crippen molar-refractivity contribution in [2.24, 2.45) is 0 Å². The van der Waals surface area contributed by atoms with Crippen molar-refractivity contribution < 1.29 is 10.1 Å². The van der Waals surface area contributed by atoms with Crippen molar-refractivity contribution in [2.75, 3.05) is 5.32 Å². The number of rotatable bonds is 4. The van der Waals surface area contributed by atoms with Gasteiger partial charge in [0, 0.05) is 28.8 Å². The Morgan fingerprint density at radius 3 is 2.57 bits per heavy atom. The lowest BCUT2D eigenvalue weighted by atomic mass is 9.92. The summed E-state index contributed by atoms with van der Waals surface area (Å²) in [6.07, 6.45) is 3.63. The molecular formula is C24H24N3O+. The second-order valence-electron chi connectivity index (χ2n) is 7.30. The maximum absolute atomic E-state index is 11.1. The summed E-state index contributed by atoms with van der Waals surface area (Å²) < 4.78 is 0. The van der Waals surface area contributed by atoms with Crippen LogP contribution in [0.1, 0.15) is 33.9 Å². The highest BCUT2D eigenvalue weighted by Gasteiger charge is 2.25. The SMILES string of the molecule is Cc1cc[nH+]c(N[C@@H](c2cc(C)ccc2C)c2ccc3cccnc3c2O)c1. The molecule has 3 N–H and O–H groups in total. The van der Waals surface area contributed by atoms with Crippen molar-refractivity contribution in [3.8, 4) is 5.75 Å². The number of aryl methyl sites for hydroxylation is 3. The highest BCUT2D eigenvalue weighted by Crippen LogP contribution is 2.37. The molecule has 1 atom stereocenters. The van der Waals surface area contributed by atoms with Gasteiger partial charge in [-0.3, -0.25) is 10.3 Å². The van der Waals surface area contributed by atoms with Crippen LogP contribution in [0.5, 0.6) is 5.75 Å². The van der Waals surface area contributed by atoms with Gasteiger partial charge in [-0.2, -0.15) is 0 Å². The molecule has 0 aliphatic heterocycles. The van der Waals surface area contributed by atoms with E-state index in [2.05, 4.69) is 60.3 Å². The quantitative estimate of drug-likeness (QED) is 0.538. The van der Waals surface area contributed by atoms with Gasteiger partial charge in [0.05, 0.1) is 6.20 Å². The number of aromatic amines is 1. The molecular weight excluding hydrogens is 346 g/mol. The van der Waals surface area contributed by atoms with Crippen LogP contribution in [-0.4, -0.2) is 10.1 Å². The summed E-state index contributed by atoms with van der Waals surface area (Å²) in [4.78, 5) is 7.65. The van der Waals surface area contributed by atoms with E-state index in [1.807, 2.05) is 36.5 Å². The van der Waals surface area contributed by atoms with E-state index in [0.29, 0.717) is 5.52 Å². The van der Waals surface area contributed by atoms with Gasteiger partial charge in [-0.1, -0.05) is 35.9 Å². The second-order valence-corrected chi connectivity index (χ2v) is 7.30. The first-order valence-electron chi connectivity index (χ1n) is 9.41. The number of H-pyrrole nitrogens is 1. The third-order valence-electron chi connectivity index (χ3n) is 5.09. The molecule has 0 amide bonds. The second kappa shape index (κ2) is 7.31. The number of phenolic OH excluding ortho intramolecular Hbond substituents is 1. The number of phenols is 1. The van der Waals surface area contributed by atoms with E-state index >= 15 is 0 Å². The first kappa shape index (κ1) is 18.0. The van der Waals surface area contributed by atoms with Crippen LogP contribution in [-0.2, 0) is 0 Å². The van der Waals surface area contributed by atoms with E-state index in [0.717, 1.165) is 33.5 Å². The number of aromatic hydroxyl groups is 1. The van der Waals surface area contributed by atoms with Gasteiger partial charge in [-0.15, -0.1) is 0 Å². The maximum Gasteiger partial charge on any atom is 0.273 e. The Labute approximate surface area is 164 Å². The third-order valence-corrected chi connectivity index (χ3v) is 5.09. The Balaban J connectivity index is 1.90. The molecule has 2 heterocycles. The summed E-state index contributed by atoms with van der Waals surface area (Å²) in [7, 11) is 0. The van der Waals surface area contributed by atoms with Crippen LogP contribution < -0.4 is 10.3 Å². The Hall–Kier alpha value is -3.40. The molecule has 2 aromatic carbocycles. The number of fused-ring (bicyclic) bond motifs is 1. The number of nitrogens with zero attached hydrogens (tertiary/aromatic N) is 1. The van der Waals surface area contributed by atoms with Gasteiger partial charge < -0.3 is 5.11 Å². The van der Waals surface area contributed by atoms with Gasteiger partial charge in [-0.25, -0.2) is 4.98 Å². The molecule has 0 saturated heterocycles. The monoisotopic (exact) mass is 370 g/mol. The van der Waals surface area contributed by atoms with E-state index in [1.165, 1.54) is 5.56 Å². The minimum absolute atomic E-state index is 0.212. The Bertz CT molecular complexity index is 1150. The largest absolute Gasteiger partial charge is 0.505 e. The average molecular weight is 370 g/mol. The lowest BCUT2D eigenvalue weighted by Crippen LogP contribution is -2.20. The molecule has 2 aromatic heterocycles. The summed E-state index contributed by atoms with van der Waals surface area (Å²) in [5.41, 5.74) is 6.04. The van der Waals surface area contributed by atoms with Crippen molar-refractivity contribution in [3.63, 3.8) is 0 Å². The van der Waals surface area contributed by atoms with Crippen LogP contribution in [0.4, 0.5) is 5.82 Å². The average Bonchev–Trinajstić information content (AvgIpc) is 2.69. The number of benzene rings is 2. The van der Waals surface area contributed by atoms with Gasteiger partial charge in [0.2, 0.25) is 0 Å². The number of aromatic nitrogens is 2. The Morgan fingerprint density at radius 1 is 0.929 bits per heavy atom. The number of nitrogens with one attached hydrogen (secondary N) is 2. The number of pyridine rings is 2. The van der Waals surface area contributed by atoms with Crippen molar-refractivity contribution in [1.82, 2.24) is 4.98 Å². The van der Waals surface area contributed by atoms with Gasteiger partial charge in [-0.05, 0) is 50.1 Å². The molecule has 4 aromatic rings. The summed E-state index contributed by atoms with van der Waals surface area (Å²) in [5, 5.41) is 15.6. The molecule has 0 fully saturated rings. The number of anilines is 1. The zero-order valence-corrected chi connectivity index (χ0v) is 16.3. The molecule has 28 heavy (non-hydrogen) atoms. The fourth-order valence-electron chi connectivity index (χ4n) is 3.59. The molecule has 140 valence electrons. The molecule has 0 aliphatic carbocycles. The summed E-state index contributed by atoms with van der Waals surface area (Å²) in [6, 6.07) is 18.1. The van der Waals surface area contributed by atoms with Gasteiger partial charge >= 0.3 is 0 Å². The number of hydrogen-bond acceptors (Lipinski definition) is 3. The molecule has 0 saturated carbocycles. The first-order chi connectivity index (χ1) is 13.5. The summed E-state index contributed by atoms with van der Waals surface area (Å²) in [5.74, 6) is 1.11. The molecule has 4 heteroatoms. The zero-order chi connectivity index (χ0) is 19.7. The predicted octanol–water partition coefficient (Wildman–Crippen LogP) is 4.88. The molecule has 0 radical (unpaired) electrons. The first-order valence-corrected chi connectivity index (χ1v) is 9.41. The van der Waals surface area contributed by atoms with Crippen molar-refractivity contribution in [1.29, 1.82) is 0 Å². The highest BCUT2D eigenvalue weighted by molar-refractivity contribution is 5.86. The molecule has 0 bridgehead atoms. The molecule has 4 nitrogen and oxygen atoms in total. The third kappa shape index (κ3) is 3.41. The van der Waals surface area contributed by atoms with E-state index in [-0.39, 0.29) is 11.8 Å². The van der Waals surface area contributed by atoms with Crippen LogP contribution >= 0.6 is 0 Å². The van der Waals surface area contributed by atoms with E-state index in [4.69, 9.17) is 0 Å². The van der Waals surface area contributed by atoms with Crippen LogP contribution in [0, 0.1) is 20.8 Å². The highest BCUT2D eigenvalue weighted by atomic mass is 16.3. The summed E-state index contributed by atoms with van der Waals surface area (Å²) in [6.45, 7) is 6.24. The van der Waals surface area contributed by atoms with Gasteiger partial charge in [0.15, 0.2) is 0 Å². The standard InChI is InChI=1S/C24H23N3O/c1-15-6-7-17(3)20(13-15)23(27-21-14-16(2)10-12-25-21)19-9-8-18-5-4-11-26-22(18)24(19)28/h4-14,23,28H,1-3H3,(H,25,27)/p+1/t23-/m1/s1. The van der Waals surface area contributed by atoms with E-state index in [1.54, 1.807) is 6.20 Å². The Morgan fingerprint density at radius 2 is 1.75 bits per heavy atom. The van der Waals surface area contributed by atoms with Crippen LogP contribution in [0.2, 0.25) is 0 Å². The van der Waals surface area contributed by atoms with Gasteiger partial charge in [0.1, 0.15) is 17.3 Å². The lowest BCUT2D eigenvalue weighted by Gasteiger charge is -2.20. The van der Waals surface area contributed by atoms with Crippen molar-refractivity contribution in [2.45, 2.75) is 26.8 Å². The topological polar surface area (TPSA) is 59.3 Å². The minimum atomic E-state index is -0.218. The number of hydrogen-bond donors (Lipinski definition) is 2. The van der Waals surface area contributed by atoms with E-state index < -0.39 is 0 Å². The lowest BCUT2D eigenvalue weighted by molar-refractivity contribution is -0.361. The fourth-order valence-corrected chi connectivity index (χ4v) is 3.59. The fraction of sp³-hybridized carbons (Fsp3) is 0.167. The summed E-state index contributed by atoms with van der Waals surface area (Å²) >= 11 is 0. The van der Waals surface area contributed by atoms with Gasteiger partial charge in [0.25, 0.3) is 5.82 Å². The molecule has 4 rings (SSSR count). The van der Waals surface area contributed by atoms with Crippen LogP contribution in [0.3, 0.4) is 0 Å². The van der Waals surface area contributed by atoms with Crippen LogP contribution in [0.15, 0.2) is 67.0 Å². The Kier molecular flexibility index (Phi) is 4.70. The smallest absolute Gasteiger partial charge is 0.273 e. The van der Waals surface area contributed by atoms with E-state index in [9.17, 15) is 5.11 Å². The van der Waals surface area contributed by atoms with Crippen molar-refractivity contribution in [3.05, 3.63) is 94.8 Å². The molecule has 0 unspecified atom stereocenters. The van der Waals surface area contributed by atoms with Crippen LogP contribution in [0.25, 0.3) is 10.9 Å². The maximum atomic E-state index is 11.1. The molecule has 0 spiro atoms. The zero-order valence-electron chi connectivity index (χ0n) is 16.3. The predicted molar refractivity (Wildman–Crippen MR) is 113 cm³/mol. The molecule has 0 aliphatic rings. The minimum Gasteiger partial charge on any atom is -0.505 e. The van der Waals surface area contributed by atoms with Crippen molar-refractivity contribution >= 4 is 16.7 Å².